The van der Waals surface area contributed by atoms with Crippen LogP contribution in [0.1, 0.15) is 136 Å². The smallest absolute Gasteiger partial charge is 0.0533 e. The molecule has 0 spiro atoms. The Hall–Kier alpha value is 0. The van der Waals surface area contributed by atoms with Crippen molar-refractivity contribution in [3.05, 3.63) is 0 Å². The Morgan fingerprint density at radius 1 is 0.333 bits per heavy atom. The third-order valence-electron chi connectivity index (χ3n) is 4.71. The summed E-state index contributed by atoms with van der Waals surface area (Å²) in [6.07, 6.45) is 27.9. The molecule has 1 fully saturated rings. The van der Waals surface area contributed by atoms with Gasteiger partial charge in [0.2, 0.25) is 0 Å². The van der Waals surface area contributed by atoms with Crippen molar-refractivity contribution in [3.8, 4) is 0 Å². The fraction of sp³-hybridized carbons (Fsp3) is 1.00. The predicted molar refractivity (Wildman–Crippen MR) is 99.1 cm³/mol. The van der Waals surface area contributed by atoms with E-state index in [-0.39, 0.29) is 0 Å². The highest BCUT2D eigenvalue weighted by molar-refractivity contribution is 4.51. The van der Waals surface area contributed by atoms with Crippen LogP contribution in [0.5, 0.6) is 0 Å². The molecule has 0 unspecified atom stereocenters. The molecule has 0 heterocycles. The molecule has 0 aromatic heterocycles. The van der Waals surface area contributed by atoms with Gasteiger partial charge in [0.1, 0.15) is 0 Å². The molecule has 128 valence electrons. The number of unbranched alkanes of at least 4 members (excludes halogenated alkanes) is 13. The van der Waals surface area contributed by atoms with Crippen LogP contribution in [0.15, 0.2) is 0 Å². The highest BCUT2D eigenvalue weighted by Gasteiger charge is 1.95. The molecular formula is C21H44. The van der Waals surface area contributed by atoms with Crippen LogP contribution in [0.2, 0.25) is 0 Å². The lowest BCUT2D eigenvalue weighted by Gasteiger charge is -2.02. The Labute approximate surface area is 136 Å². The van der Waals surface area contributed by atoms with Crippen molar-refractivity contribution in [1.82, 2.24) is 0 Å². The second kappa shape index (κ2) is 20.0. The van der Waals surface area contributed by atoms with Gasteiger partial charge in [0.25, 0.3) is 0 Å². The van der Waals surface area contributed by atoms with E-state index in [9.17, 15) is 0 Å². The maximum atomic E-state index is 2.29. The van der Waals surface area contributed by atoms with Gasteiger partial charge in [-0.2, -0.15) is 0 Å². The summed E-state index contributed by atoms with van der Waals surface area (Å²) in [7, 11) is 0. The lowest BCUT2D eigenvalue weighted by molar-refractivity contribution is 0.538. The highest BCUT2D eigenvalue weighted by atomic mass is 14.0. The molecule has 0 aliphatic heterocycles. The van der Waals surface area contributed by atoms with E-state index in [0.717, 1.165) is 0 Å². The molecule has 0 nitrogen and oxygen atoms in total. The topological polar surface area (TPSA) is 0 Å². The Morgan fingerprint density at radius 3 is 0.714 bits per heavy atom. The van der Waals surface area contributed by atoms with Crippen molar-refractivity contribution in [3.63, 3.8) is 0 Å². The zero-order chi connectivity index (χ0) is 15.4. The van der Waals surface area contributed by atoms with E-state index in [4.69, 9.17) is 0 Å². The fourth-order valence-corrected chi connectivity index (χ4v) is 3.15. The number of hydrogen-bond acceptors (Lipinski definition) is 0. The summed E-state index contributed by atoms with van der Waals surface area (Å²) < 4.78 is 0. The van der Waals surface area contributed by atoms with E-state index in [1.165, 1.54) is 122 Å². The zero-order valence-electron chi connectivity index (χ0n) is 15.4. The average Bonchev–Trinajstić information content (AvgIpc) is 3.08. The minimum absolute atomic E-state index is 1.37. The zero-order valence-corrected chi connectivity index (χ0v) is 15.4. The summed E-state index contributed by atoms with van der Waals surface area (Å²) >= 11 is 0. The lowest BCUT2D eigenvalue weighted by atomic mass is 10.0. The molecule has 0 amide bonds. The normalized spacial score (nSPS) is 14.0. The summed E-state index contributed by atoms with van der Waals surface area (Å²) in [5, 5.41) is 0. The molecule has 0 heteroatoms. The number of rotatable bonds is 13. The Kier molecular flexibility index (Phi) is 20.0. The third-order valence-corrected chi connectivity index (χ3v) is 4.71. The Morgan fingerprint density at radius 2 is 0.524 bits per heavy atom. The van der Waals surface area contributed by atoms with E-state index in [2.05, 4.69) is 13.8 Å². The van der Waals surface area contributed by atoms with Gasteiger partial charge in [-0.15, -0.1) is 0 Å². The maximum Gasteiger partial charge on any atom is -0.0533 e. The minimum Gasteiger partial charge on any atom is -0.0654 e. The molecule has 1 aliphatic carbocycles. The highest BCUT2D eigenvalue weighted by Crippen LogP contribution is 2.15. The van der Waals surface area contributed by atoms with Crippen LogP contribution in [0.4, 0.5) is 0 Å². The van der Waals surface area contributed by atoms with Gasteiger partial charge in [-0.05, 0) is 0 Å². The molecule has 21 heavy (non-hydrogen) atoms. The molecule has 0 aromatic carbocycles. The lowest BCUT2D eigenvalue weighted by Crippen LogP contribution is -1.82. The van der Waals surface area contributed by atoms with Gasteiger partial charge in [0, 0.05) is 0 Å². The van der Waals surface area contributed by atoms with Crippen molar-refractivity contribution >= 4 is 0 Å². The van der Waals surface area contributed by atoms with Crippen LogP contribution >= 0.6 is 0 Å². The van der Waals surface area contributed by atoms with Crippen molar-refractivity contribution in [2.75, 3.05) is 0 Å². The van der Waals surface area contributed by atoms with Gasteiger partial charge >= 0.3 is 0 Å². The third kappa shape index (κ3) is 20.0. The summed E-state index contributed by atoms with van der Waals surface area (Å²) in [6.45, 7) is 4.58. The van der Waals surface area contributed by atoms with Crippen molar-refractivity contribution < 1.29 is 0 Å². The first kappa shape index (κ1) is 21.0. The van der Waals surface area contributed by atoms with E-state index >= 15 is 0 Å². The maximum absolute atomic E-state index is 2.29. The molecule has 0 bridgehead atoms. The molecule has 1 rings (SSSR count). The minimum atomic E-state index is 1.37. The molecular weight excluding hydrogens is 252 g/mol. The van der Waals surface area contributed by atoms with Crippen LogP contribution in [0.3, 0.4) is 0 Å². The first-order chi connectivity index (χ1) is 10.4. The van der Waals surface area contributed by atoms with E-state index in [1.54, 1.807) is 0 Å². The molecule has 1 saturated carbocycles. The second-order valence-electron chi connectivity index (χ2n) is 7.01. The standard InChI is InChI=1S/C16H34.C5H10/c1-3-5-7-9-11-13-15-16-14-12-10-8-6-4-2;1-2-4-5-3-1/h3-16H2,1-2H3;1-5H2. The average molecular weight is 297 g/mol. The van der Waals surface area contributed by atoms with Gasteiger partial charge < -0.3 is 0 Å². The SMILES string of the molecule is C1CCCC1.CCCCCCCCCCCCCCCC. The van der Waals surface area contributed by atoms with Crippen molar-refractivity contribution in [2.24, 2.45) is 0 Å². The Bertz CT molecular complexity index is 136. The van der Waals surface area contributed by atoms with Crippen molar-refractivity contribution in [1.29, 1.82) is 0 Å². The molecule has 0 saturated heterocycles. The predicted octanol–water partition coefficient (Wildman–Crippen LogP) is 8.44. The molecule has 0 atom stereocenters. The van der Waals surface area contributed by atoms with Gasteiger partial charge in [-0.3, -0.25) is 0 Å². The van der Waals surface area contributed by atoms with Crippen LogP contribution in [-0.2, 0) is 0 Å². The molecule has 1 aliphatic rings. The molecule has 0 aromatic rings. The van der Waals surface area contributed by atoms with E-state index in [1.807, 2.05) is 0 Å². The summed E-state index contributed by atoms with van der Waals surface area (Å²) in [5.41, 5.74) is 0. The van der Waals surface area contributed by atoms with Gasteiger partial charge in [-0.1, -0.05) is 136 Å². The summed E-state index contributed by atoms with van der Waals surface area (Å²) in [5.74, 6) is 0. The number of hydrogen-bond donors (Lipinski definition) is 0. The Balaban J connectivity index is 0.000000662. The van der Waals surface area contributed by atoms with Gasteiger partial charge in [-0.25, -0.2) is 0 Å². The quantitative estimate of drug-likeness (QED) is 0.299. The first-order valence-corrected chi connectivity index (χ1v) is 10.4. The van der Waals surface area contributed by atoms with Gasteiger partial charge in [0.05, 0.1) is 0 Å². The van der Waals surface area contributed by atoms with Crippen LogP contribution in [0, 0.1) is 0 Å². The largest absolute Gasteiger partial charge is 0.0654 e. The van der Waals surface area contributed by atoms with Crippen molar-refractivity contribution in [2.45, 2.75) is 136 Å². The van der Waals surface area contributed by atoms with E-state index < -0.39 is 0 Å². The van der Waals surface area contributed by atoms with E-state index in [0.29, 0.717) is 0 Å². The first-order valence-electron chi connectivity index (χ1n) is 10.4. The fourth-order valence-electron chi connectivity index (χ4n) is 3.15. The molecule has 0 radical (unpaired) electrons. The van der Waals surface area contributed by atoms with Gasteiger partial charge in [0.15, 0.2) is 0 Å². The van der Waals surface area contributed by atoms with Crippen LogP contribution in [-0.4, -0.2) is 0 Å². The molecule has 0 N–H and O–H groups in total. The summed E-state index contributed by atoms with van der Waals surface area (Å²) in [6, 6.07) is 0. The van der Waals surface area contributed by atoms with Crippen LogP contribution < -0.4 is 0 Å². The second-order valence-corrected chi connectivity index (χ2v) is 7.01. The summed E-state index contributed by atoms with van der Waals surface area (Å²) in [4.78, 5) is 0. The monoisotopic (exact) mass is 296 g/mol. The van der Waals surface area contributed by atoms with Crippen LogP contribution in [0.25, 0.3) is 0 Å².